The fraction of sp³-hybridized carbons (Fsp3) is 0.238. The van der Waals surface area contributed by atoms with Crippen molar-refractivity contribution in [3.63, 3.8) is 0 Å². The Morgan fingerprint density at radius 3 is 2.44 bits per heavy atom. The van der Waals surface area contributed by atoms with Gasteiger partial charge in [0.2, 0.25) is 5.88 Å². The van der Waals surface area contributed by atoms with Crippen LogP contribution in [0.25, 0.3) is 0 Å². The molecule has 32 heavy (non-hydrogen) atoms. The standard InChI is InChI=1S/C21H19ClF3N3O4/c1-11(12-6-8-13(9-7-12)20(30)31)26-18(29)16-17(21(23,24)25)27-28(2)19(16)32-15-5-3-4-14(22)10-15/h3-11,17,27H,1-2H3,(H,26,29)(H,30,31)/t11-,17?/m0/s1. The maximum absolute atomic E-state index is 13.7. The number of rotatable bonds is 6. The largest absolute Gasteiger partial charge is 0.478 e. The topological polar surface area (TPSA) is 90.9 Å². The number of amides is 1. The minimum Gasteiger partial charge on any atom is -0.478 e. The summed E-state index contributed by atoms with van der Waals surface area (Å²) in [4.78, 5) is 23.9. The molecule has 170 valence electrons. The first-order valence-electron chi connectivity index (χ1n) is 9.35. The van der Waals surface area contributed by atoms with Crippen molar-refractivity contribution in [1.82, 2.24) is 15.8 Å². The lowest BCUT2D eigenvalue weighted by Gasteiger charge is -2.20. The van der Waals surface area contributed by atoms with Crippen molar-refractivity contribution in [3.8, 4) is 5.75 Å². The molecule has 2 aromatic rings. The summed E-state index contributed by atoms with van der Waals surface area (Å²) in [6, 6.07) is 8.69. The number of ether oxygens (including phenoxy) is 1. The monoisotopic (exact) mass is 469 g/mol. The van der Waals surface area contributed by atoms with E-state index in [1.807, 2.05) is 0 Å². The zero-order valence-electron chi connectivity index (χ0n) is 16.9. The van der Waals surface area contributed by atoms with Crippen LogP contribution in [0.1, 0.15) is 28.9 Å². The van der Waals surface area contributed by atoms with Crippen molar-refractivity contribution in [2.24, 2.45) is 0 Å². The van der Waals surface area contributed by atoms with E-state index in [9.17, 15) is 22.8 Å². The molecular formula is C21H19ClF3N3O4. The first-order chi connectivity index (χ1) is 15.0. The van der Waals surface area contributed by atoms with E-state index in [4.69, 9.17) is 21.4 Å². The molecule has 0 spiro atoms. The molecule has 7 nitrogen and oxygen atoms in total. The fourth-order valence-electron chi connectivity index (χ4n) is 3.12. The highest BCUT2D eigenvalue weighted by molar-refractivity contribution is 6.30. The number of hydrazine groups is 1. The van der Waals surface area contributed by atoms with Crippen LogP contribution in [0.15, 0.2) is 60.0 Å². The van der Waals surface area contributed by atoms with E-state index in [0.717, 1.165) is 5.01 Å². The molecule has 1 aliphatic rings. The summed E-state index contributed by atoms with van der Waals surface area (Å²) in [7, 11) is 1.30. The van der Waals surface area contributed by atoms with E-state index >= 15 is 0 Å². The molecule has 0 radical (unpaired) electrons. The van der Waals surface area contributed by atoms with Crippen molar-refractivity contribution in [1.29, 1.82) is 0 Å². The molecule has 2 atom stereocenters. The summed E-state index contributed by atoms with van der Waals surface area (Å²) in [5, 5.41) is 12.8. The highest BCUT2D eigenvalue weighted by atomic mass is 35.5. The van der Waals surface area contributed by atoms with Crippen LogP contribution in [0.4, 0.5) is 13.2 Å². The number of carboxylic acid groups (broad SMARTS) is 1. The van der Waals surface area contributed by atoms with Gasteiger partial charge in [0.25, 0.3) is 5.91 Å². The molecule has 0 fully saturated rings. The lowest BCUT2D eigenvalue weighted by Crippen LogP contribution is -2.47. The molecule has 0 aromatic heterocycles. The van der Waals surface area contributed by atoms with Gasteiger partial charge >= 0.3 is 12.1 Å². The third-order valence-electron chi connectivity index (χ3n) is 4.73. The molecule has 2 aromatic carbocycles. The normalized spacial score (nSPS) is 17.3. The summed E-state index contributed by atoms with van der Waals surface area (Å²) in [5.74, 6) is -2.27. The number of hydrogen-bond donors (Lipinski definition) is 3. The molecule has 1 heterocycles. The van der Waals surface area contributed by atoms with Gasteiger partial charge in [-0.25, -0.2) is 10.2 Å². The number of nitrogens with one attached hydrogen (secondary N) is 2. The number of carbonyl (C=O) groups is 2. The van der Waals surface area contributed by atoms with E-state index in [0.29, 0.717) is 10.6 Å². The molecule has 0 bridgehead atoms. The van der Waals surface area contributed by atoms with Crippen molar-refractivity contribution >= 4 is 23.5 Å². The van der Waals surface area contributed by atoms with Crippen molar-refractivity contribution in [2.45, 2.75) is 25.2 Å². The molecule has 1 amide bonds. The zero-order valence-corrected chi connectivity index (χ0v) is 17.7. The Balaban J connectivity index is 1.91. The third-order valence-corrected chi connectivity index (χ3v) is 4.97. The van der Waals surface area contributed by atoms with Crippen molar-refractivity contribution in [3.05, 3.63) is 76.1 Å². The number of carbonyl (C=O) groups excluding carboxylic acids is 1. The lowest BCUT2D eigenvalue weighted by atomic mass is 10.0. The summed E-state index contributed by atoms with van der Waals surface area (Å²) in [6.45, 7) is 1.57. The number of carboxylic acids is 1. The lowest BCUT2D eigenvalue weighted by molar-refractivity contribution is -0.154. The molecule has 0 saturated heterocycles. The minimum absolute atomic E-state index is 0.0472. The molecule has 1 aliphatic heterocycles. The number of hydrogen-bond acceptors (Lipinski definition) is 5. The average molecular weight is 470 g/mol. The molecule has 0 aliphatic carbocycles. The van der Waals surface area contributed by atoms with Gasteiger partial charge in [0.05, 0.1) is 11.6 Å². The molecule has 3 rings (SSSR count). The van der Waals surface area contributed by atoms with Crippen LogP contribution >= 0.6 is 11.6 Å². The van der Waals surface area contributed by atoms with Gasteiger partial charge in [0.1, 0.15) is 11.3 Å². The van der Waals surface area contributed by atoms with Crippen LogP contribution in [-0.2, 0) is 4.79 Å². The van der Waals surface area contributed by atoms with E-state index in [-0.39, 0.29) is 17.2 Å². The number of alkyl halides is 3. The van der Waals surface area contributed by atoms with Gasteiger partial charge in [-0.3, -0.25) is 9.80 Å². The summed E-state index contributed by atoms with van der Waals surface area (Å²) in [5.41, 5.74) is 2.11. The van der Waals surface area contributed by atoms with E-state index < -0.39 is 35.7 Å². The number of nitrogens with zero attached hydrogens (tertiary/aromatic N) is 1. The van der Waals surface area contributed by atoms with Crippen LogP contribution in [0.3, 0.4) is 0 Å². The minimum atomic E-state index is -4.77. The first-order valence-corrected chi connectivity index (χ1v) is 9.73. The Morgan fingerprint density at radius 2 is 1.88 bits per heavy atom. The SMILES string of the molecule is C[C@H](NC(=O)C1=C(Oc2cccc(Cl)c2)N(C)NC1C(F)(F)F)c1ccc(C(=O)O)cc1. The Hall–Kier alpha value is -3.24. The van der Waals surface area contributed by atoms with E-state index in [1.165, 1.54) is 43.4 Å². The Kier molecular flexibility index (Phi) is 6.65. The predicted molar refractivity (Wildman–Crippen MR) is 110 cm³/mol. The quantitative estimate of drug-likeness (QED) is 0.594. The second kappa shape index (κ2) is 9.09. The predicted octanol–water partition coefficient (Wildman–Crippen LogP) is 3.89. The van der Waals surface area contributed by atoms with Crippen LogP contribution in [0.2, 0.25) is 5.02 Å². The molecular weight excluding hydrogens is 451 g/mol. The number of halogens is 4. The fourth-order valence-corrected chi connectivity index (χ4v) is 3.30. The van der Waals surface area contributed by atoms with Gasteiger partial charge < -0.3 is 15.2 Å². The van der Waals surface area contributed by atoms with E-state index in [1.54, 1.807) is 19.1 Å². The van der Waals surface area contributed by atoms with Crippen molar-refractivity contribution in [2.75, 3.05) is 7.05 Å². The van der Waals surface area contributed by atoms with Crippen molar-refractivity contribution < 1.29 is 32.6 Å². The molecule has 11 heteroatoms. The van der Waals surface area contributed by atoms with Gasteiger partial charge in [-0.05, 0) is 42.8 Å². The van der Waals surface area contributed by atoms with Crippen LogP contribution in [0, 0.1) is 0 Å². The molecule has 0 saturated carbocycles. The maximum atomic E-state index is 13.7. The van der Waals surface area contributed by atoms with Crippen LogP contribution in [0.5, 0.6) is 5.75 Å². The second-order valence-corrected chi connectivity index (χ2v) is 7.50. The van der Waals surface area contributed by atoms with E-state index in [2.05, 4.69) is 10.7 Å². The molecule has 3 N–H and O–H groups in total. The second-order valence-electron chi connectivity index (χ2n) is 7.06. The maximum Gasteiger partial charge on any atom is 0.410 e. The summed E-state index contributed by atoms with van der Waals surface area (Å²) < 4.78 is 46.6. The summed E-state index contributed by atoms with van der Waals surface area (Å²) in [6.07, 6.45) is -4.77. The number of aromatic carboxylic acids is 1. The molecule has 1 unspecified atom stereocenters. The Labute approximate surface area is 186 Å². The third kappa shape index (κ3) is 5.14. The van der Waals surface area contributed by atoms with Gasteiger partial charge in [0, 0.05) is 12.1 Å². The van der Waals surface area contributed by atoms with Gasteiger partial charge in [0.15, 0.2) is 6.04 Å². The van der Waals surface area contributed by atoms with Crippen LogP contribution < -0.4 is 15.5 Å². The Bertz CT molecular complexity index is 1060. The van der Waals surface area contributed by atoms with Gasteiger partial charge in [-0.1, -0.05) is 29.8 Å². The highest BCUT2D eigenvalue weighted by Crippen LogP contribution is 2.34. The number of benzene rings is 2. The first kappa shape index (κ1) is 23.4. The Morgan fingerprint density at radius 1 is 1.22 bits per heavy atom. The van der Waals surface area contributed by atoms with Gasteiger partial charge in [-0.2, -0.15) is 13.2 Å². The highest BCUT2D eigenvalue weighted by Gasteiger charge is 2.51. The smallest absolute Gasteiger partial charge is 0.410 e. The van der Waals surface area contributed by atoms with Crippen LogP contribution in [-0.4, -0.2) is 41.3 Å². The zero-order chi connectivity index (χ0) is 23.6. The average Bonchev–Trinajstić information content (AvgIpc) is 3.04. The summed E-state index contributed by atoms with van der Waals surface area (Å²) >= 11 is 5.91. The van der Waals surface area contributed by atoms with Gasteiger partial charge in [-0.15, -0.1) is 0 Å².